The second-order valence-corrected chi connectivity index (χ2v) is 12.2. The van der Waals surface area contributed by atoms with Gasteiger partial charge in [-0.05, 0) is 55.8 Å². The van der Waals surface area contributed by atoms with E-state index in [0.29, 0.717) is 30.7 Å². The first-order valence-electron chi connectivity index (χ1n) is 15.1. The molecule has 0 amide bonds. The van der Waals surface area contributed by atoms with Crippen molar-refractivity contribution in [1.82, 2.24) is 25.2 Å². The van der Waals surface area contributed by atoms with Crippen LogP contribution in [0.25, 0.3) is 32.9 Å². The third kappa shape index (κ3) is 4.28. The molecule has 9 rings (SSSR count). The third-order valence-corrected chi connectivity index (χ3v) is 9.61. The van der Waals surface area contributed by atoms with E-state index >= 15 is 8.78 Å². The van der Waals surface area contributed by atoms with Gasteiger partial charge in [0.1, 0.15) is 35.5 Å². The number of pyridine rings is 1. The van der Waals surface area contributed by atoms with Gasteiger partial charge < -0.3 is 20.1 Å². The summed E-state index contributed by atoms with van der Waals surface area (Å²) in [6.45, 7) is 2.09. The van der Waals surface area contributed by atoms with E-state index in [1.54, 1.807) is 0 Å². The van der Waals surface area contributed by atoms with Crippen molar-refractivity contribution >= 4 is 27.5 Å². The summed E-state index contributed by atoms with van der Waals surface area (Å²) < 4.78 is 74.9. The number of phenolic OH excluding ortho intramolecular Hbond substituents is 1. The van der Waals surface area contributed by atoms with Crippen LogP contribution in [0.4, 0.5) is 23.4 Å². The van der Waals surface area contributed by atoms with Crippen LogP contribution in [0, 0.1) is 17.5 Å². The van der Waals surface area contributed by atoms with Crippen molar-refractivity contribution in [2.24, 2.45) is 0 Å². The first-order valence-corrected chi connectivity index (χ1v) is 14.6. The Bertz CT molecular complexity index is 1820. The molecular weight excluding hydrogens is 564 g/mol. The SMILES string of the molecule is [2H][C@]1(F)CN2CCC[C@@]2(COc2nc(N3CC4CCC3CN4)c3cnc(-c4cc(O)cc5ccc(F)c(F)c45)c(F)c3n2)C1. The number of nitrogens with one attached hydrogen (secondary N) is 1. The number of hydrogen-bond donors (Lipinski definition) is 2. The average Bonchev–Trinajstić information content (AvgIpc) is 3.50. The molecule has 2 unspecified atom stereocenters. The Morgan fingerprint density at radius 2 is 2.02 bits per heavy atom. The van der Waals surface area contributed by atoms with Crippen molar-refractivity contribution in [3.8, 4) is 23.0 Å². The Morgan fingerprint density at radius 1 is 1.14 bits per heavy atom. The first kappa shape index (κ1) is 25.7. The molecule has 2 aromatic carbocycles. The van der Waals surface area contributed by atoms with Crippen LogP contribution in [0.15, 0.2) is 30.5 Å². The summed E-state index contributed by atoms with van der Waals surface area (Å²) in [7, 11) is 0. The predicted molar refractivity (Wildman–Crippen MR) is 153 cm³/mol. The van der Waals surface area contributed by atoms with Crippen LogP contribution >= 0.6 is 0 Å². The summed E-state index contributed by atoms with van der Waals surface area (Å²) in [6, 6.07) is 4.91. The second kappa shape index (κ2) is 9.88. The summed E-state index contributed by atoms with van der Waals surface area (Å²) in [5.41, 5.74) is -1.23. The van der Waals surface area contributed by atoms with Crippen LogP contribution in [0.5, 0.6) is 11.8 Å². The van der Waals surface area contributed by atoms with Gasteiger partial charge in [0.2, 0.25) is 0 Å². The third-order valence-electron chi connectivity index (χ3n) is 9.61. The molecule has 0 radical (unpaired) electrons. The predicted octanol–water partition coefficient (Wildman–Crippen LogP) is 4.86. The fraction of sp³-hybridized carbons (Fsp3) is 0.452. The molecule has 5 fully saturated rings. The number of halogens is 4. The molecular formula is C31H30F4N6O2. The molecule has 5 saturated heterocycles. The standard InChI is InChI=1S/C31H30F4N6O2/c32-17-10-31(6-1-7-40(31)13-17)15-43-30-38-28-22(29(39-30)41-14-18-3-4-19(41)11-36-18)12-37-27(26(28)35)21-9-20(42)8-16-2-5-23(33)25(34)24(16)21/h2,5,8-9,12,17-19,36,42H,1,3-4,6-7,10-11,13-15H2/t17-,18?,19?,31+/m1/s1/i17D. The quantitative estimate of drug-likeness (QED) is 0.317. The van der Waals surface area contributed by atoms with Gasteiger partial charge in [-0.3, -0.25) is 9.88 Å². The number of ether oxygens (including phenoxy) is 1. The minimum atomic E-state index is -2.08. The highest BCUT2D eigenvalue weighted by Gasteiger charge is 2.49. The maximum Gasteiger partial charge on any atom is 0.319 e. The zero-order valence-electron chi connectivity index (χ0n) is 24.2. The van der Waals surface area contributed by atoms with E-state index in [2.05, 4.69) is 20.2 Å². The molecule has 0 spiro atoms. The number of nitrogens with zero attached hydrogens (tertiary/aromatic N) is 5. The fourth-order valence-corrected chi connectivity index (χ4v) is 7.50. The van der Waals surface area contributed by atoms with Crippen LogP contribution < -0.4 is 15.0 Å². The molecule has 8 nitrogen and oxygen atoms in total. The smallest absolute Gasteiger partial charge is 0.319 e. The summed E-state index contributed by atoms with van der Waals surface area (Å²) >= 11 is 0. The molecule has 2 N–H and O–H groups in total. The number of piperazine rings is 1. The van der Waals surface area contributed by atoms with Crippen molar-refractivity contribution in [3.63, 3.8) is 0 Å². The largest absolute Gasteiger partial charge is 0.508 e. The molecule has 43 heavy (non-hydrogen) atoms. The molecule has 5 aliphatic rings. The number of piperidine rings is 2. The van der Waals surface area contributed by atoms with Crippen molar-refractivity contribution in [2.45, 2.75) is 55.9 Å². The second-order valence-electron chi connectivity index (χ2n) is 12.2. The molecule has 12 heteroatoms. The van der Waals surface area contributed by atoms with Gasteiger partial charge in [-0.25, -0.2) is 17.6 Å². The van der Waals surface area contributed by atoms with Gasteiger partial charge in [0.25, 0.3) is 0 Å². The minimum Gasteiger partial charge on any atom is -0.508 e. The van der Waals surface area contributed by atoms with Crippen molar-refractivity contribution < 1.29 is 28.8 Å². The van der Waals surface area contributed by atoms with Crippen LogP contribution in [0.3, 0.4) is 0 Å². The lowest BCUT2D eigenvalue weighted by atomic mass is 9.93. The molecule has 4 atom stereocenters. The van der Waals surface area contributed by atoms with E-state index in [0.717, 1.165) is 37.9 Å². The number of anilines is 1. The lowest BCUT2D eigenvalue weighted by Crippen LogP contribution is -2.61. The Kier molecular flexibility index (Phi) is 5.91. The molecule has 4 aromatic rings. The van der Waals surface area contributed by atoms with Crippen molar-refractivity contribution in [3.05, 3.63) is 47.9 Å². The van der Waals surface area contributed by atoms with E-state index in [9.17, 15) is 13.9 Å². The molecule has 224 valence electrons. The number of benzene rings is 2. The average molecular weight is 596 g/mol. The van der Waals surface area contributed by atoms with Crippen LogP contribution in [-0.4, -0.2) is 81.5 Å². The maximum atomic E-state index is 16.6. The van der Waals surface area contributed by atoms with Gasteiger partial charge in [0.15, 0.2) is 17.5 Å². The van der Waals surface area contributed by atoms with E-state index in [4.69, 9.17) is 11.1 Å². The fourth-order valence-electron chi connectivity index (χ4n) is 7.50. The van der Waals surface area contributed by atoms with Crippen molar-refractivity contribution in [1.29, 1.82) is 0 Å². The number of aromatic nitrogens is 3. The molecule has 5 aliphatic heterocycles. The zero-order chi connectivity index (χ0) is 30.4. The van der Waals surface area contributed by atoms with Crippen molar-refractivity contribution in [2.75, 3.05) is 37.7 Å². The van der Waals surface area contributed by atoms with Gasteiger partial charge in [-0.1, -0.05) is 6.07 Å². The number of alkyl halides is 1. The van der Waals surface area contributed by atoms with E-state index in [-0.39, 0.29) is 71.0 Å². The minimum absolute atomic E-state index is 0.00270. The van der Waals surface area contributed by atoms with Gasteiger partial charge >= 0.3 is 6.01 Å². The van der Waals surface area contributed by atoms with Gasteiger partial charge in [0.05, 0.1) is 12.3 Å². The number of phenols is 1. The molecule has 7 heterocycles. The molecule has 0 aliphatic carbocycles. The molecule has 2 bridgehead atoms. The Labute approximate surface area is 246 Å². The molecule has 2 aromatic heterocycles. The number of rotatable bonds is 5. The lowest BCUT2D eigenvalue weighted by molar-refractivity contribution is 0.107. The van der Waals surface area contributed by atoms with Gasteiger partial charge in [0, 0.05) is 55.3 Å². The monoisotopic (exact) mass is 595 g/mol. The summed E-state index contributed by atoms with van der Waals surface area (Å²) in [6.07, 6.45) is 2.78. The van der Waals surface area contributed by atoms with Gasteiger partial charge in [-0.2, -0.15) is 9.97 Å². The van der Waals surface area contributed by atoms with E-state index in [1.165, 1.54) is 18.3 Å². The summed E-state index contributed by atoms with van der Waals surface area (Å²) in [5, 5.41) is 14.2. The normalized spacial score (nSPS) is 29.0. The molecule has 0 saturated carbocycles. The highest BCUT2D eigenvalue weighted by molar-refractivity contribution is 6.00. The Balaban J connectivity index is 1.27. The highest BCUT2D eigenvalue weighted by Crippen LogP contribution is 2.42. The van der Waals surface area contributed by atoms with Gasteiger partial charge in [-0.15, -0.1) is 0 Å². The van der Waals surface area contributed by atoms with E-state index < -0.39 is 29.1 Å². The Hall–Kier alpha value is -3.77. The number of hydrogen-bond acceptors (Lipinski definition) is 8. The highest BCUT2D eigenvalue weighted by atomic mass is 19.2. The Morgan fingerprint density at radius 3 is 2.81 bits per heavy atom. The van der Waals surface area contributed by atoms with E-state index in [1.807, 2.05) is 4.90 Å². The summed E-state index contributed by atoms with van der Waals surface area (Å²) in [5.74, 6) is -3.01. The van der Waals surface area contributed by atoms with Crippen LogP contribution in [0.2, 0.25) is 0 Å². The number of fused-ring (bicyclic) bond motifs is 6. The number of aromatic hydroxyl groups is 1. The zero-order valence-corrected chi connectivity index (χ0v) is 23.2. The maximum absolute atomic E-state index is 16.6. The van der Waals surface area contributed by atoms with Crippen LogP contribution in [0.1, 0.15) is 33.5 Å². The first-order chi connectivity index (χ1) is 21.1. The summed E-state index contributed by atoms with van der Waals surface area (Å²) in [4.78, 5) is 17.6. The lowest BCUT2D eigenvalue weighted by Gasteiger charge is -2.46. The van der Waals surface area contributed by atoms with Crippen LogP contribution in [-0.2, 0) is 0 Å². The topological polar surface area (TPSA) is 86.6 Å².